The fourth-order valence-electron chi connectivity index (χ4n) is 13.3. The molecule has 5 aliphatic rings. The normalized spacial score (nSPS) is 21.7. The van der Waals surface area contributed by atoms with E-state index >= 15 is 4.39 Å². The van der Waals surface area contributed by atoms with Crippen molar-refractivity contribution in [3.05, 3.63) is 211 Å². The highest BCUT2D eigenvalue weighted by molar-refractivity contribution is 6.09. The molecule has 0 heterocycles. The minimum absolute atomic E-state index is 0.118. The predicted octanol–water partition coefficient (Wildman–Crippen LogP) is 16.3. The molecular formula is C60H46FN. The summed E-state index contributed by atoms with van der Waals surface area (Å²) in [6.45, 7) is 0. The third-order valence-electron chi connectivity index (χ3n) is 15.5. The van der Waals surface area contributed by atoms with Crippen LogP contribution in [0.2, 0.25) is 0 Å². The third kappa shape index (κ3) is 5.32. The van der Waals surface area contributed by atoms with Crippen LogP contribution in [0.3, 0.4) is 0 Å². The van der Waals surface area contributed by atoms with Crippen molar-refractivity contribution in [1.29, 1.82) is 0 Å². The summed E-state index contributed by atoms with van der Waals surface area (Å²) in [5.41, 5.74) is 15.7. The molecule has 4 saturated carbocycles. The Balaban J connectivity index is 1.05. The molecule has 1 spiro atoms. The Kier molecular flexibility index (Phi) is 8.04. The van der Waals surface area contributed by atoms with Crippen LogP contribution in [0.5, 0.6) is 0 Å². The molecule has 0 atom stereocenters. The Morgan fingerprint density at radius 2 is 1.03 bits per heavy atom. The van der Waals surface area contributed by atoms with E-state index in [2.05, 4.69) is 187 Å². The minimum Gasteiger partial charge on any atom is -0.310 e. The Bertz CT molecular complexity index is 3170. The van der Waals surface area contributed by atoms with Crippen LogP contribution in [-0.4, -0.2) is 0 Å². The molecule has 0 aromatic heterocycles. The first-order chi connectivity index (χ1) is 30.6. The molecule has 14 rings (SSSR count). The van der Waals surface area contributed by atoms with Crippen LogP contribution >= 0.6 is 0 Å². The van der Waals surface area contributed by atoms with Gasteiger partial charge in [-0.05, 0) is 182 Å². The Morgan fingerprint density at radius 1 is 0.403 bits per heavy atom. The second kappa shape index (κ2) is 13.9. The van der Waals surface area contributed by atoms with Crippen molar-refractivity contribution in [3.8, 4) is 44.5 Å². The smallest absolute Gasteiger partial charge is 0.123 e. The van der Waals surface area contributed by atoms with Crippen LogP contribution in [0, 0.1) is 29.5 Å². The summed E-state index contributed by atoms with van der Waals surface area (Å²) < 4.78 is 15.7. The van der Waals surface area contributed by atoms with E-state index in [-0.39, 0.29) is 11.2 Å². The van der Waals surface area contributed by atoms with Crippen LogP contribution in [-0.2, 0) is 5.41 Å². The van der Waals surface area contributed by atoms with Gasteiger partial charge in [0.05, 0.1) is 5.69 Å². The molecule has 0 amide bonds. The van der Waals surface area contributed by atoms with Gasteiger partial charge in [-0.2, -0.15) is 0 Å². The summed E-state index contributed by atoms with van der Waals surface area (Å²) in [5, 5.41) is 4.87. The van der Waals surface area contributed by atoms with Crippen molar-refractivity contribution < 1.29 is 4.39 Å². The first kappa shape index (κ1) is 35.9. The fourth-order valence-corrected chi connectivity index (χ4v) is 13.3. The lowest BCUT2D eigenvalue weighted by atomic mass is 9.43. The van der Waals surface area contributed by atoms with E-state index in [4.69, 9.17) is 0 Å². The number of nitrogens with zero attached hydrogens (tertiary/aromatic N) is 1. The summed E-state index contributed by atoms with van der Waals surface area (Å²) in [6.07, 6.45) is 6.49. The van der Waals surface area contributed by atoms with Gasteiger partial charge >= 0.3 is 0 Å². The van der Waals surface area contributed by atoms with Gasteiger partial charge in [0.15, 0.2) is 0 Å². The van der Waals surface area contributed by atoms with Crippen LogP contribution in [0.1, 0.15) is 43.2 Å². The van der Waals surface area contributed by atoms with Crippen LogP contribution in [0.15, 0.2) is 194 Å². The molecule has 9 aromatic rings. The monoisotopic (exact) mass is 799 g/mol. The van der Waals surface area contributed by atoms with Crippen LogP contribution in [0.25, 0.3) is 66.1 Å². The van der Waals surface area contributed by atoms with E-state index in [0.29, 0.717) is 11.8 Å². The van der Waals surface area contributed by atoms with Gasteiger partial charge in [0.25, 0.3) is 0 Å². The van der Waals surface area contributed by atoms with Gasteiger partial charge in [-0.15, -0.1) is 0 Å². The van der Waals surface area contributed by atoms with Gasteiger partial charge in [0, 0.05) is 22.2 Å². The standard InChI is InChI=1S/C60H46FN/c61-46-24-28-56-55(37-46)59-54(52-21-11-15-42-14-7-8-18-49(42)52)35-43(36-57(59)60(56)44-31-38-30-39(33-44)34-45(60)32-38)50-27-29-58(53-20-10-9-19-51(50)53)62(47-16-5-2-6-17-47)48-25-22-41(23-26-48)40-12-3-1-4-13-40/h1-29,35-39,44-45H,30-34H2. The van der Waals surface area contributed by atoms with Crippen molar-refractivity contribution in [2.24, 2.45) is 23.7 Å². The first-order valence-corrected chi connectivity index (χ1v) is 22.6. The van der Waals surface area contributed by atoms with Crippen LogP contribution < -0.4 is 4.90 Å². The maximum Gasteiger partial charge on any atom is 0.123 e. The quantitative estimate of drug-likeness (QED) is 0.162. The lowest BCUT2D eigenvalue weighted by Gasteiger charge is -2.61. The topological polar surface area (TPSA) is 3.24 Å². The molecule has 0 N–H and O–H groups in total. The zero-order valence-corrected chi connectivity index (χ0v) is 34.6. The molecule has 5 aliphatic carbocycles. The summed E-state index contributed by atoms with van der Waals surface area (Å²) in [5.74, 6) is 2.60. The molecule has 4 bridgehead atoms. The van der Waals surface area contributed by atoms with Gasteiger partial charge in [-0.3, -0.25) is 0 Å². The average Bonchev–Trinajstić information content (AvgIpc) is 3.60. The fraction of sp³-hybridized carbons (Fsp3) is 0.167. The van der Waals surface area contributed by atoms with E-state index < -0.39 is 0 Å². The molecule has 298 valence electrons. The van der Waals surface area contributed by atoms with E-state index in [9.17, 15) is 0 Å². The summed E-state index contributed by atoms with van der Waals surface area (Å²) in [6, 6.07) is 70.3. The number of anilines is 3. The lowest BCUT2D eigenvalue weighted by Crippen LogP contribution is -2.55. The van der Waals surface area contributed by atoms with Crippen molar-refractivity contribution in [2.75, 3.05) is 4.90 Å². The van der Waals surface area contributed by atoms with E-state index in [1.807, 2.05) is 6.07 Å². The lowest BCUT2D eigenvalue weighted by molar-refractivity contribution is -0.0399. The second-order valence-electron chi connectivity index (χ2n) is 18.6. The van der Waals surface area contributed by atoms with Crippen molar-refractivity contribution >= 4 is 38.6 Å². The van der Waals surface area contributed by atoms with Gasteiger partial charge in [0.2, 0.25) is 0 Å². The number of hydrogen-bond acceptors (Lipinski definition) is 1. The largest absolute Gasteiger partial charge is 0.310 e. The summed E-state index contributed by atoms with van der Waals surface area (Å²) in [7, 11) is 0. The number of rotatable bonds is 6. The van der Waals surface area contributed by atoms with Gasteiger partial charge in [0.1, 0.15) is 5.82 Å². The van der Waals surface area contributed by atoms with Crippen LogP contribution in [0.4, 0.5) is 21.5 Å². The number of fused-ring (bicyclic) bond motifs is 5. The number of halogens is 1. The molecule has 0 unspecified atom stereocenters. The predicted molar refractivity (Wildman–Crippen MR) is 256 cm³/mol. The van der Waals surface area contributed by atoms with Crippen molar-refractivity contribution in [1.82, 2.24) is 0 Å². The van der Waals surface area contributed by atoms with Crippen molar-refractivity contribution in [3.63, 3.8) is 0 Å². The molecule has 62 heavy (non-hydrogen) atoms. The van der Waals surface area contributed by atoms with Gasteiger partial charge < -0.3 is 4.90 Å². The molecule has 0 radical (unpaired) electrons. The molecule has 1 nitrogen and oxygen atoms in total. The average molecular weight is 800 g/mol. The van der Waals surface area contributed by atoms with E-state index in [1.165, 1.54) is 104 Å². The highest BCUT2D eigenvalue weighted by atomic mass is 19.1. The highest BCUT2D eigenvalue weighted by Gasteiger charge is 2.62. The minimum atomic E-state index is -0.150. The van der Waals surface area contributed by atoms with E-state index in [1.54, 1.807) is 6.07 Å². The maximum atomic E-state index is 15.7. The Hall–Kier alpha value is -6.77. The SMILES string of the molecule is Fc1ccc2c(c1)-c1c(-c3cccc4ccccc34)cc(-c3ccc(N(c4ccccc4)c4ccc(-c5ccccc5)cc4)c4ccccc34)cc1C21C2CC3CC(C2)CC1C3. The molecule has 9 aromatic carbocycles. The summed E-state index contributed by atoms with van der Waals surface area (Å²) in [4.78, 5) is 2.40. The van der Waals surface area contributed by atoms with Gasteiger partial charge in [-0.1, -0.05) is 140 Å². The summed E-state index contributed by atoms with van der Waals surface area (Å²) >= 11 is 0. The third-order valence-corrected chi connectivity index (χ3v) is 15.5. The second-order valence-corrected chi connectivity index (χ2v) is 18.6. The Labute approximate surface area is 363 Å². The molecular weight excluding hydrogens is 754 g/mol. The molecule has 2 heteroatoms. The van der Waals surface area contributed by atoms with E-state index in [0.717, 1.165) is 34.5 Å². The van der Waals surface area contributed by atoms with Crippen molar-refractivity contribution in [2.45, 2.75) is 37.5 Å². The Morgan fingerprint density at radius 3 is 1.79 bits per heavy atom. The molecule has 4 fully saturated rings. The highest BCUT2D eigenvalue weighted by Crippen LogP contribution is 2.70. The zero-order valence-electron chi connectivity index (χ0n) is 34.6. The van der Waals surface area contributed by atoms with Gasteiger partial charge in [-0.25, -0.2) is 4.39 Å². The zero-order chi connectivity index (χ0) is 40.9. The molecule has 0 saturated heterocycles. The number of para-hydroxylation sites is 1. The molecule has 0 aliphatic heterocycles. The number of benzene rings is 9. The number of hydrogen-bond donors (Lipinski definition) is 0. The first-order valence-electron chi connectivity index (χ1n) is 22.6. The maximum absolute atomic E-state index is 15.7.